The molecule has 1 amide bonds. The lowest BCUT2D eigenvalue weighted by Crippen LogP contribution is -2.31. The van der Waals surface area contributed by atoms with Crippen LogP contribution in [0.1, 0.15) is 55.0 Å². The highest BCUT2D eigenvalue weighted by Crippen LogP contribution is 2.40. The molecule has 4 nitrogen and oxygen atoms in total. The third kappa shape index (κ3) is 5.03. The summed E-state index contributed by atoms with van der Waals surface area (Å²) in [5, 5.41) is 0. The summed E-state index contributed by atoms with van der Waals surface area (Å²) >= 11 is 0. The van der Waals surface area contributed by atoms with E-state index in [4.69, 9.17) is 9.47 Å². The lowest BCUT2D eigenvalue weighted by molar-refractivity contribution is -0.137. The van der Waals surface area contributed by atoms with Crippen LogP contribution in [-0.4, -0.2) is 24.1 Å². The molecule has 8 heteroatoms. The summed E-state index contributed by atoms with van der Waals surface area (Å²) in [6, 6.07) is 14.3. The Kier molecular flexibility index (Phi) is 6.98. The fourth-order valence-corrected chi connectivity index (χ4v) is 4.45. The van der Waals surface area contributed by atoms with Crippen molar-refractivity contribution < 1.29 is 31.8 Å². The largest absolute Gasteiger partial charge is 0.496 e. The lowest BCUT2D eigenvalue weighted by Gasteiger charge is -2.24. The minimum Gasteiger partial charge on any atom is -0.496 e. The van der Waals surface area contributed by atoms with Gasteiger partial charge in [0.25, 0.3) is 0 Å². The van der Waals surface area contributed by atoms with Gasteiger partial charge in [0.2, 0.25) is 0 Å². The standard InChI is InChI=1S/C28H27F4NO3/c1-16(2)19-7-12-25(35-4)24(14-19)23-11-8-21(28(30,31)32)13-20(23)15-33-17(3)26(36-27(33)34)18-5-9-22(29)10-6-18/h5-14,16-17,26H,15H2,1-4H3/t17-,26-/m0/s1. The quantitative estimate of drug-likeness (QED) is 0.325. The van der Waals surface area contributed by atoms with Crippen molar-refractivity contribution in [2.24, 2.45) is 0 Å². The van der Waals surface area contributed by atoms with Gasteiger partial charge in [0.1, 0.15) is 17.7 Å². The Labute approximate surface area is 207 Å². The van der Waals surface area contributed by atoms with Crippen molar-refractivity contribution in [2.75, 3.05) is 7.11 Å². The number of cyclic esters (lactones) is 1. The molecule has 0 bridgehead atoms. The predicted octanol–water partition coefficient (Wildman–Crippen LogP) is 7.73. The second-order valence-electron chi connectivity index (χ2n) is 9.21. The van der Waals surface area contributed by atoms with Gasteiger partial charge in [-0.1, -0.05) is 38.1 Å². The smallest absolute Gasteiger partial charge is 0.416 e. The topological polar surface area (TPSA) is 38.8 Å². The fraction of sp³-hybridized carbons (Fsp3) is 0.321. The number of benzene rings is 3. The third-order valence-electron chi connectivity index (χ3n) is 6.54. The first-order valence-corrected chi connectivity index (χ1v) is 11.6. The van der Waals surface area contributed by atoms with Gasteiger partial charge < -0.3 is 9.47 Å². The predicted molar refractivity (Wildman–Crippen MR) is 128 cm³/mol. The van der Waals surface area contributed by atoms with E-state index in [1.807, 2.05) is 26.0 Å². The average Bonchev–Trinajstić information content (AvgIpc) is 3.11. The van der Waals surface area contributed by atoms with Crippen LogP contribution >= 0.6 is 0 Å². The normalized spacial score (nSPS) is 18.0. The van der Waals surface area contributed by atoms with Crippen molar-refractivity contribution in [1.82, 2.24) is 4.90 Å². The average molecular weight is 502 g/mol. The van der Waals surface area contributed by atoms with E-state index in [1.165, 1.54) is 42.3 Å². The molecule has 190 valence electrons. The van der Waals surface area contributed by atoms with E-state index in [1.54, 1.807) is 13.0 Å². The zero-order chi connectivity index (χ0) is 26.2. The summed E-state index contributed by atoms with van der Waals surface area (Å²) in [5.74, 6) is 0.290. The van der Waals surface area contributed by atoms with Gasteiger partial charge in [-0.2, -0.15) is 13.2 Å². The van der Waals surface area contributed by atoms with Gasteiger partial charge in [-0.15, -0.1) is 0 Å². The van der Waals surface area contributed by atoms with E-state index in [-0.39, 0.29) is 12.5 Å². The Morgan fingerprint density at radius 2 is 1.69 bits per heavy atom. The number of alkyl halides is 3. The summed E-state index contributed by atoms with van der Waals surface area (Å²) < 4.78 is 65.4. The van der Waals surface area contributed by atoms with E-state index in [2.05, 4.69) is 0 Å². The molecule has 0 N–H and O–H groups in total. The van der Waals surface area contributed by atoms with E-state index in [9.17, 15) is 22.4 Å². The first-order valence-electron chi connectivity index (χ1n) is 11.6. The zero-order valence-electron chi connectivity index (χ0n) is 20.4. The number of amides is 1. The molecule has 36 heavy (non-hydrogen) atoms. The van der Waals surface area contributed by atoms with E-state index in [0.29, 0.717) is 28.0 Å². The van der Waals surface area contributed by atoms with Crippen LogP contribution in [0.4, 0.5) is 22.4 Å². The van der Waals surface area contributed by atoms with Gasteiger partial charge in [-0.05, 0) is 71.5 Å². The molecule has 0 radical (unpaired) electrons. The molecule has 1 aliphatic heterocycles. The SMILES string of the molecule is COc1ccc(C(C)C)cc1-c1ccc(C(F)(F)F)cc1CN1C(=O)O[C@H](c2ccc(F)cc2)[C@@H]1C. The summed E-state index contributed by atoms with van der Waals surface area (Å²) in [6.07, 6.45) is -5.88. The van der Waals surface area contributed by atoms with Crippen molar-refractivity contribution in [2.45, 2.75) is 51.6 Å². The van der Waals surface area contributed by atoms with Crippen LogP contribution in [0, 0.1) is 5.82 Å². The lowest BCUT2D eigenvalue weighted by atomic mass is 9.92. The molecule has 1 fully saturated rings. The highest BCUT2D eigenvalue weighted by atomic mass is 19.4. The third-order valence-corrected chi connectivity index (χ3v) is 6.54. The molecule has 1 heterocycles. The van der Waals surface area contributed by atoms with Gasteiger partial charge in [0.15, 0.2) is 0 Å². The fourth-order valence-electron chi connectivity index (χ4n) is 4.45. The second kappa shape index (κ2) is 9.84. The molecule has 3 aromatic carbocycles. The molecular formula is C28H27F4NO3. The number of carbonyl (C=O) groups excluding carboxylic acids is 1. The maximum Gasteiger partial charge on any atom is 0.416 e. The number of hydrogen-bond donors (Lipinski definition) is 0. The van der Waals surface area contributed by atoms with Crippen molar-refractivity contribution in [3.05, 3.63) is 88.7 Å². The van der Waals surface area contributed by atoms with Gasteiger partial charge in [-0.3, -0.25) is 4.90 Å². The van der Waals surface area contributed by atoms with Crippen LogP contribution < -0.4 is 4.74 Å². The van der Waals surface area contributed by atoms with Crippen LogP contribution in [0.3, 0.4) is 0 Å². The van der Waals surface area contributed by atoms with Crippen molar-refractivity contribution in [3.63, 3.8) is 0 Å². The molecular weight excluding hydrogens is 474 g/mol. The number of methoxy groups -OCH3 is 1. The Morgan fingerprint density at radius 3 is 2.31 bits per heavy atom. The first kappa shape index (κ1) is 25.5. The van der Waals surface area contributed by atoms with Crippen LogP contribution in [0.2, 0.25) is 0 Å². The number of nitrogens with zero attached hydrogens (tertiary/aromatic N) is 1. The number of carbonyl (C=O) groups is 1. The van der Waals surface area contributed by atoms with E-state index in [0.717, 1.165) is 17.7 Å². The van der Waals surface area contributed by atoms with Crippen molar-refractivity contribution >= 4 is 6.09 Å². The molecule has 0 unspecified atom stereocenters. The van der Waals surface area contributed by atoms with Gasteiger partial charge in [0.05, 0.1) is 25.3 Å². The minimum atomic E-state index is -4.55. The molecule has 1 saturated heterocycles. The van der Waals surface area contributed by atoms with Gasteiger partial charge in [-0.25, -0.2) is 9.18 Å². The molecule has 0 aliphatic carbocycles. The maximum absolute atomic E-state index is 13.6. The molecule has 1 aliphatic rings. The van der Waals surface area contributed by atoms with Crippen molar-refractivity contribution in [1.29, 1.82) is 0 Å². The Bertz CT molecular complexity index is 1250. The molecule has 0 aromatic heterocycles. The number of halogens is 4. The zero-order valence-corrected chi connectivity index (χ0v) is 20.4. The van der Waals surface area contributed by atoms with E-state index < -0.39 is 35.8 Å². The summed E-state index contributed by atoms with van der Waals surface area (Å²) in [4.78, 5) is 14.2. The molecule has 4 rings (SSSR count). The van der Waals surface area contributed by atoms with Crippen LogP contribution in [-0.2, 0) is 17.5 Å². The molecule has 2 atom stereocenters. The molecule has 3 aromatic rings. The van der Waals surface area contributed by atoms with Gasteiger partial charge >= 0.3 is 12.3 Å². The van der Waals surface area contributed by atoms with Crippen LogP contribution in [0.25, 0.3) is 11.1 Å². The van der Waals surface area contributed by atoms with Crippen molar-refractivity contribution in [3.8, 4) is 16.9 Å². The Morgan fingerprint density at radius 1 is 1.00 bits per heavy atom. The summed E-state index contributed by atoms with van der Waals surface area (Å²) in [7, 11) is 1.50. The summed E-state index contributed by atoms with van der Waals surface area (Å²) in [6.45, 7) is 5.70. The Balaban J connectivity index is 1.77. The molecule has 0 spiro atoms. The number of rotatable bonds is 6. The summed E-state index contributed by atoms with van der Waals surface area (Å²) in [5.41, 5.74) is 2.29. The van der Waals surface area contributed by atoms with E-state index >= 15 is 0 Å². The Hall–Kier alpha value is -3.55. The minimum absolute atomic E-state index is 0.105. The van der Waals surface area contributed by atoms with Crippen LogP contribution in [0.15, 0.2) is 60.7 Å². The monoisotopic (exact) mass is 501 g/mol. The number of ether oxygens (including phenoxy) is 2. The molecule has 0 saturated carbocycles. The van der Waals surface area contributed by atoms with Gasteiger partial charge in [0, 0.05) is 5.56 Å². The first-order chi connectivity index (χ1) is 17.0. The highest BCUT2D eigenvalue weighted by molar-refractivity contribution is 5.76. The number of hydrogen-bond acceptors (Lipinski definition) is 3. The maximum atomic E-state index is 13.6. The highest BCUT2D eigenvalue weighted by Gasteiger charge is 2.40. The second-order valence-corrected chi connectivity index (χ2v) is 9.21. The van der Waals surface area contributed by atoms with Crippen LogP contribution in [0.5, 0.6) is 5.75 Å².